The minimum Gasteiger partial charge on any atom is -0.385 e. The van der Waals surface area contributed by atoms with Gasteiger partial charge in [-0.05, 0) is 25.1 Å². The van der Waals surface area contributed by atoms with Crippen LogP contribution in [0, 0.1) is 0 Å². The van der Waals surface area contributed by atoms with Crippen LogP contribution in [0.25, 0.3) is 0 Å². The van der Waals surface area contributed by atoms with E-state index in [9.17, 15) is 0 Å². The maximum absolute atomic E-state index is 4.97. The van der Waals surface area contributed by atoms with E-state index in [1.54, 1.807) is 7.11 Å². The van der Waals surface area contributed by atoms with E-state index in [1.807, 2.05) is 11.8 Å². The lowest BCUT2D eigenvalue weighted by Gasteiger charge is -2.03. The predicted octanol–water partition coefficient (Wildman–Crippen LogP) is 2.15. The van der Waals surface area contributed by atoms with Crippen molar-refractivity contribution in [2.24, 2.45) is 0 Å². The number of methoxy groups -OCH3 is 1. The van der Waals surface area contributed by atoms with Crippen LogP contribution in [-0.4, -0.2) is 38.3 Å². The number of hydrogen-bond donors (Lipinski definition) is 1. The van der Waals surface area contributed by atoms with Crippen molar-refractivity contribution in [3.8, 4) is 0 Å². The molecule has 0 fully saturated rings. The molecule has 0 aromatic heterocycles. The van der Waals surface area contributed by atoms with E-state index in [1.165, 1.54) is 37.3 Å². The van der Waals surface area contributed by atoms with Gasteiger partial charge in [0.05, 0.1) is 0 Å². The van der Waals surface area contributed by atoms with Gasteiger partial charge in [0.25, 0.3) is 0 Å². The molecule has 0 aromatic rings. The molecule has 13 heavy (non-hydrogen) atoms. The third kappa shape index (κ3) is 12.3. The van der Waals surface area contributed by atoms with Crippen LogP contribution >= 0.6 is 11.8 Å². The second-order valence-corrected chi connectivity index (χ2v) is 4.29. The average Bonchev–Trinajstić information content (AvgIpc) is 2.16. The molecule has 80 valence electrons. The number of hydrogen-bond acceptors (Lipinski definition) is 3. The van der Waals surface area contributed by atoms with Crippen LogP contribution in [0.3, 0.4) is 0 Å². The molecule has 0 radical (unpaired) electrons. The molecule has 3 heteroatoms. The summed E-state index contributed by atoms with van der Waals surface area (Å²) in [5.74, 6) is 2.46. The van der Waals surface area contributed by atoms with Gasteiger partial charge in [-0.3, -0.25) is 0 Å². The fraction of sp³-hybridized carbons (Fsp3) is 1.00. The first-order chi connectivity index (χ1) is 6.41. The highest BCUT2D eigenvalue weighted by molar-refractivity contribution is 7.99. The lowest BCUT2D eigenvalue weighted by Crippen LogP contribution is -2.18. The number of thioether (sulfide) groups is 1. The molecule has 0 aliphatic rings. The smallest absolute Gasteiger partial charge is 0.0470 e. The first-order valence-corrected chi connectivity index (χ1v) is 6.34. The monoisotopic (exact) mass is 205 g/mol. The lowest BCUT2D eigenvalue weighted by molar-refractivity contribution is 0.200. The summed E-state index contributed by atoms with van der Waals surface area (Å²) in [5, 5.41) is 3.43. The van der Waals surface area contributed by atoms with Gasteiger partial charge in [0, 0.05) is 26.0 Å². The van der Waals surface area contributed by atoms with Crippen LogP contribution in [0.4, 0.5) is 0 Å². The number of unbranched alkanes of at least 4 members (excludes halogenated alkanes) is 1. The first-order valence-electron chi connectivity index (χ1n) is 5.19. The van der Waals surface area contributed by atoms with E-state index in [-0.39, 0.29) is 0 Å². The maximum Gasteiger partial charge on any atom is 0.0470 e. The second kappa shape index (κ2) is 12.3. The van der Waals surface area contributed by atoms with Crippen molar-refractivity contribution in [2.45, 2.75) is 26.2 Å². The van der Waals surface area contributed by atoms with Gasteiger partial charge in [-0.25, -0.2) is 0 Å². The Bertz CT molecular complexity index is 81.0. The summed E-state index contributed by atoms with van der Waals surface area (Å²) >= 11 is 2.01. The molecule has 0 saturated heterocycles. The molecular weight excluding hydrogens is 182 g/mol. The van der Waals surface area contributed by atoms with Gasteiger partial charge in [0.15, 0.2) is 0 Å². The Hall–Kier alpha value is 0.270. The molecule has 0 unspecified atom stereocenters. The van der Waals surface area contributed by atoms with E-state index in [4.69, 9.17) is 4.74 Å². The van der Waals surface area contributed by atoms with Crippen LogP contribution in [0.2, 0.25) is 0 Å². The topological polar surface area (TPSA) is 21.3 Å². The van der Waals surface area contributed by atoms with Crippen molar-refractivity contribution < 1.29 is 4.74 Å². The van der Waals surface area contributed by atoms with Gasteiger partial charge in [-0.15, -0.1) is 0 Å². The largest absolute Gasteiger partial charge is 0.385 e. The second-order valence-electron chi connectivity index (χ2n) is 3.06. The molecule has 0 amide bonds. The highest BCUT2D eigenvalue weighted by atomic mass is 32.2. The van der Waals surface area contributed by atoms with Crippen molar-refractivity contribution in [3.63, 3.8) is 0 Å². The first kappa shape index (κ1) is 13.3. The molecular formula is C10H23NOS. The van der Waals surface area contributed by atoms with Crippen LogP contribution < -0.4 is 5.32 Å². The predicted molar refractivity (Wildman–Crippen MR) is 61.6 cm³/mol. The highest BCUT2D eigenvalue weighted by Crippen LogP contribution is 2.00. The Balaban J connectivity index is 2.76. The van der Waals surface area contributed by atoms with E-state index < -0.39 is 0 Å². The summed E-state index contributed by atoms with van der Waals surface area (Å²) in [6, 6.07) is 0. The maximum atomic E-state index is 4.97. The zero-order valence-corrected chi connectivity index (χ0v) is 9.79. The van der Waals surface area contributed by atoms with Crippen LogP contribution in [0.1, 0.15) is 26.2 Å². The van der Waals surface area contributed by atoms with Crippen LogP contribution in [0.5, 0.6) is 0 Å². The Morgan fingerprint density at radius 2 is 2.00 bits per heavy atom. The van der Waals surface area contributed by atoms with Crippen molar-refractivity contribution in [1.29, 1.82) is 0 Å². The molecule has 0 aliphatic carbocycles. The highest BCUT2D eigenvalue weighted by Gasteiger charge is 1.89. The summed E-state index contributed by atoms with van der Waals surface area (Å²) < 4.78 is 4.97. The van der Waals surface area contributed by atoms with E-state index in [0.717, 1.165) is 13.2 Å². The number of ether oxygens (including phenoxy) is 1. The van der Waals surface area contributed by atoms with Crippen molar-refractivity contribution in [3.05, 3.63) is 0 Å². The molecule has 0 saturated carbocycles. The quantitative estimate of drug-likeness (QED) is 0.552. The van der Waals surface area contributed by atoms with Gasteiger partial charge in [0.2, 0.25) is 0 Å². The summed E-state index contributed by atoms with van der Waals surface area (Å²) in [5.41, 5.74) is 0. The van der Waals surface area contributed by atoms with E-state index in [0.29, 0.717) is 0 Å². The molecule has 2 nitrogen and oxygen atoms in total. The Morgan fingerprint density at radius 1 is 1.15 bits per heavy atom. The molecule has 0 aliphatic heterocycles. The van der Waals surface area contributed by atoms with Gasteiger partial charge in [-0.2, -0.15) is 11.8 Å². The van der Waals surface area contributed by atoms with Crippen molar-refractivity contribution >= 4 is 11.8 Å². The third-order valence-corrected chi connectivity index (χ3v) is 2.84. The third-order valence-electron chi connectivity index (χ3n) is 1.77. The van der Waals surface area contributed by atoms with Gasteiger partial charge >= 0.3 is 0 Å². The fourth-order valence-electron chi connectivity index (χ4n) is 0.979. The minimum atomic E-state index is 0.899. The summed E-state index contributed by atoms with van der Waals surface area (Å²) in [6.07, 6.45) is 3.76. The van der Waals surface area contributed by atoms with E-state index in [2.05, 4.69) is 12.2 Å². The average molecular weight is 205 g/mol. The molecule has 0 rings (SSSR count). The SMILES string of the molecule is CCCCNCCSCCCOC. The Kier molecular flexibility index (Phi) is 12.5. The fourth-order valence-corrected chi connectivity index (χ4v) is 1.79. The van der Waals surface area contributed by atoms with Gasteiger partial charge in [0.1, 0.15) is 0 Å². The molecule has 1 N–H and O–H groups in total. The number of nitrogens with one attached hydrogen (secondary N) is 1. The Morgan fingerprint density at radius 3 is 2.69 bits per heavy atom. The van der Waals surface area contributed by atoms with Crippen molar-refractivity contribution in [1.82, 2.24) is 5.32 Å². The standard InChI is InChI=1S/C10H23NOS/c1-3-4-6-11-7-10-13-9-5-8-12-2/h11H,3-10H2,1-2H3. The lowest BCUT2D eigenvalue weighted by atomic mass is 10.3. The zero-order valence-electron chi connectivity index (χ0n) is 8.97. The van der Waals surface area contributed by atoms with E-state index >= 15 is 0 Å². The van der Waals surface area contributed by atoms with Crippen LogP contribution in [0.15, 0.2) is 0 Å². The van der Waals surface area contributed by atoms with Crippen LogP contribution in [-0.2, 0) is 4.74 Å². The van der Waals surface area contributed by atoms with Gasteiger partial charge < -0.3 is 10.1 Å². The summed E-state index contributed by atoms with van der Waals surface area (Å²) in [4.78, 5) is 0. The molecule has 0 atom stereocenters. The summed E-state index contributed by atoms with van der Waals surface area (Å²) in [6.45, 7) is 5.45. The molecule has 0 heterocycles. The number of rotatable bonds is 10. The zero-order chi connectivity index (χ0) is 9.78. The normalized spacial score (nSPS) is 10.6. The molecule has 0 bridgehead atoms. The molecule has 0 aromatic carbocycles. The van der Waals surface area contributed by atoms with Crippen molar-refractivity contribution in [2.75, 3.05) is 38.3 Å². The summed E-state index contributed by atoms with van der Waals surface area (Å²) in [7, 11) is 1.76. The molecule has 0 spiro atoms. The minimum absolute atomic E-state index is 0.899. The van der Waals surface area contributed by atoms with Gasteiger partial charge in [-0.1, -0.05) is 13.3 Å². The Labute approximate surface area is 86.8 Å².